The molecule has 0 N–H and O–H groups in total. The van der Waals surface area contributed by atoms with E-state index in [0.717, 1.165) is 37.3 Å². The van der Waals surface area contributed by atoms with Gasteiger partial charge in [-0.05, 0) is 41.3 Å². The molecular formula is C15H17F5S. The Morgan fingerprint density at radius 1 is 0.810 bits per heavy atom. The Morgan fingerprint density at radius 2 is 1.43 bits per heavy atom. The molecule has 0 aromatic heterocycles. The van der Waals surface area contributed by atoms with Crippen molar-refractivity contribution < 1.29 is 19.4 Å². The van der Waals surface area contributed by atoms with Crippen LogP contribution in [0.25, 0.3) is 10.8 Å². The summed E-state index contributed by atoms with van der Waals surface area (Å²) in [4.78, 5) is -1.83. The zero-order valence-corrected chi connectivity index (χ0v) is 12.4. The lowest BCUT2D eigenvalue weighted by Gasteiger charge is -2.40. The predicted molar refractivity (Wildman–Crippen MR) is 78.6 cm³/mol. The highest BCUT2D eigenvalue weighted by molar-refractivity contribution is 8.45. The van der Waals surface area contributed by atoms with Crippen LogP contribution in [-0.4, -0.2) is 0 Å². The maximum atomic E-state index is 12.8. The molecular weight excluding hydrogens is 307 g/mol. The second-order valence-corrected chi connectivity index (χ2v) is 7.68. The van der Waals surface area contributed by atoms with Crippen LogP contribution in [0.2, 0.25) is 0 Å². The van der Waals surface area contributed by atoms with Crippen molar-refractivity contribution >= 4 is 21.0 Å². The highest BCUT2D eigenvalue weighted by atomic mass is 32.5. The van der Waals surface area contributed by atoms with Gasteiger partial charge >= 0.3 is 10.2 Å². The average Bonchev–Trinajstić information content (AvgIpc) is 2.35. The van der Waals surface area contributed by atoms with E-state index >= 15 is 0 Å². The van der Waals surface area contributed by atoms with Crippen molar-refractivity contribution in [2.45, 2.75) is 37.5 Å². The lowest BCUT2D eigenvalue weighted by molar-refractivity contribution is 0.364. The summed E-state index contributed by atoms with van der Waals surface area (Å²) in [6.45, 7) is 2.09. The Bertz CT molecular complexity index is 661. The topological polar surface area (TPSA) is 0 Å². The van der Waals surface area contributed by atoms with Gasteiger partial charge in [0.1, 0.15) is 4.90 Å². The molecule has 0 fully saturated rings. The molecule has 0 saturated carbocycles. The number of halogens is 5. The number of rotatable bonds is 5. The van der Waals surface area contributed by atoms with Gasteiger partial charge in [-0.1, -0.05) is 63.5 Å². The first-order valence-corrected chi connectivity index (χ1v) is 8.71. The molecule has 0 bridgehead atoms. The van der Waals surface area contributed by atoms with Crippen molar-refractivity contribution in [3.8, 4) is 0 Å². The van der Waals surface area contributed by atoms with E-state index in [1.165, 1.54) is 6.07 Å². The summed E-state index contributed by atoms with van der Waals surface area (Å²) in [6.07, 6.45) is 4.01. The quantitative estimate of drug-likeness (QED) is 0.402. The van der Waals surface area contributed by atoms with Crippen molar-refractivity contribution in [1.82, 2.24) is 0 Å². The van der Waals surface area contributed by atoms with Gasteiger partial charge in [-0.2, -0.15) is 0 Å². The van der Waals surface area contributed by atoms with Crippen LogP contribution >= 0.6 is 10.2 Å². The highest BCUT2D eigenvalue weighted by Gasteiger charge is 2.65. The van der Waals surface area contributed by atoms with Crippen LogP contribution in [0.15, 0.2) is 41.3 Å². The van der Waals surface area contributed by atoms with Gasteiger partial charge in [0, 0.05) is 0 Å². The maximum absolute atomic E-state index is 12.8. The summed E-state index contributed by atoms with van der Waals surface area (Å²) < 4.78 is 63.8. The van der Waals surface area contributed by atoms with Crippen LogP contribution in [0.4, 0.5) is 19.4 Å². The fourth-order valence-corrected chi connectivity index (χ4v) is 2.92. The van der Waals surface area contributed by atoms with Crippen molar-refractivity contribution in [2.75, 3.05) is 0 Å². The molecule has 21 heavy (non-hydrogen) atoms. The van der Waals surface area contributed by atoms with Gasteiger partial charge in [0.2, 0.25) is 0 Å². The van der Waals surface area contributed by atoms with E-state index < -0.39 is 15.1 Å². The minimum Gasteiger partial charge on any atom is -0.0936 e. The highest BCUT2D eigenvalue weighted by Crippen LogP contribution is 3.02. The Labute approximate surface area is 120 Å². The van der Waals surface area contributed by atoms with Gasteiger partial charge in [-0.15, -0.1) is 0 Å². The molecule has 2 aromatic rings. The summed E-state index contributed by atoms with van der Waals surface area (Å²) in [6, 6.07) is 7.06. The lowest BCUT2D eigenvalue weighted by Crippen LogP contribution is -2.05. The van der Waals surface area contributed by atoms with Gasteiger partial charge < -0.3 is 0 Å². The van der Waals surface area contributed by atoms with Crippen LogP contribution in [0.5, 0.6) is 0 Å². The SMILES string of the molecule is CCCCCc1ccc2cc(S(F)(F)(F)(F)F)ccc2c1. The number of fused-ring (bicyclic) bond motifs is 1. The largest absolute Gasteiger partial charge is 0.310 e. The number of benzene rings is 2. The second kappa shape index (κ2) is 4.60. The minimum absolute atomic E-state index is 0.181. The monoisotopic (exact) mass is 324 g/mol. The summed E-state index contributed by atoms with van der Waals surface area (Å²) in [5.41, 5.74) is 1.01. The van der Waals surface area contributed by atoms with Gasteiger partial charge in [-0.3, -0.25) is 0 Å². The van der Waals surface area contributed by atoms with E-state index in [-0.39, 0.29) is 5.39 Å². The maximum Gasteiger partial charge on any atom is 0.310 e. The summed E-state index contributed by atoms with van der Waals surface area (Å²) >= 11 is 0. The molecule has 118 valence electrons. The number of unbranched alkanes of at least 4 members (excludes halogenated alkanes) is 2. The molecule has 0 spiro atoms. The minimum atomic E-state index is -9.60. The normalized spacial score (nSPS) is 15.7. The van der Waals surface area contributed by atoms with Gasteiger partial charge in [-0.25, -0.2) is 0 Å². The predicted octanol–water partition coefficient (Wildman–Crippen LogP) is 7.23. The van der Waals surface area contributed by atoms with E-state index in [9.17, 15) is 19.4 Å². The molecule has 0 unspecified atom stereocenters. The molecule has 0 radical (unpaired) electrons. The molecule has 0 aliphatic rings. The van der Waals surface area contributed by atoms with Gasteiger partial charge in [0.05, 0.1) is 0 Å². The Morgan fingerprint density at radius 3 is 2.05 bits per heavy atom. The van der Waals surface area contributed by atoms with Gasteiger partial charge in [0.15, 0.2) is 0 Å². The van der Waals surface area contributed by atoms with Crippen molar-refractivity contribution in [1.29, 1.82) is 0 Å². The second-order valence-electron chi connectivity index (χ2n) is 5.27. The number of hydrogen-bond acceptors (Lipinski definition) is 0. The molecule has 2 rings (SSSR count). The Balaban J connectivity index is 2.37. The van der Waals surface area contributed by atoms with E-state index in [0.29, 0.717) is 17.5 Å². The molecule has 0 aliphatic carbocycles. The molecule has 6 heteroatoms. The number of hydrogen-bond donors (Lipinski definition) is 0. The third-order valence-corrected chi connectivity index (χ3v) is 4.54. The number of aryl methyl sites for hydroxylation is 1. The van der Waals surface area contributed by atoms with Crippen LogP contribution < -0.4 is 0 Å². The van der Waals surface area contributed by atoms with Crippen molar-refractivity contribution in [3.05, 3.63) is 42.0 Å². The Kier molecular flexibility index (Phi) is 3.52. The summed E-state index contributed by atoms with van der Waals surface area (Å²) in [7, 11) is -9.60. The van der Waals surface area contributed by atoms with E-state index in [1.807, 2.05) is 0 Å². The zero-order chi connectivity index (χ0) is 15.8. The standard InChI is InChI=1S/C15H17F5S/c1-2-3-4-5-12-6-7-14-11-15(9-8-13(14)10-12)21(16,17,18,19)20/h6-11H,2-5H2,1H3. The first-order valence-electron chi connectivity index (χ1n) is 6.76. The first kappa shape index (κ1) is 16.1. The van der Waals surface area contributed by atoms with Crippen molar-refractivity contribution in [2.24, 2.45) is 0 Å². The van der Waals surface area contributed by atoms with E-state index in [4.69, 9.17) is 0 Å². The third kappa shape index (κ3) is 4.09. The molecule has 2 aromatic carbocycles. The summed E-state index contributed by atoms with van der Waals surface area (Å²) in [5.74, 6) is 0. The molecule has 0 aliphatic heterocycles. The first-order chi connectivity index (χ1) is 9.49. The van der Waals surface area contributed by atoms with Crippen LogP contribution in [0.1, 0.15) is 31.7 Å². The Hall–Kier alpha value is -1.30. The molecule has 0 saturated heterocycles. The molecule has 0 heterocycles. The smallest absolute Gasteiger partial charge is 0.0936 e. The fourth-order valence-electron chi connectivity index (χ4n) is 2.25. The van der Waals surface area contributed by atoms with Gasteiger partial charge in [0.25, 0.3) is 0 Å². The average molecular weight is 324 g/mol. The van der Waals surface area contributed by atoms with E-state index in [2.05, 4.69) is 6.92 Å². The van der Waals surface area contributed by atoms with Crippen LogP contribution in [0, 0.1) is 0 Å². The van der Waals surface area contributed by atoms with E-state index in [1.54, 1.807) is 12.1 Å². The van der Waals surface area contributed by atoms with Crippen LogP contribution in [0.3, 0.4) is 0 Å². The van der Waals surface area contributed by atoms with Crippen LogP contribution in [-0.2, 0) is 6.42 Å². The summed E-state index contributed by atoms with van der Waals surface area (Å²) in [5, 5.41) is 0.731. The fraction of sp³-hybridized carbons (Fsp3) is 0.333. The molecule has 0 nitrogen and oxygen atoms in total. The van der Waals surface area contributed by atoms with Crippen molar-refractivity contribution in [3.63, 3.8) is 0 Å². The third-order valence-electron chi connectivity index (χ3n) is 3.39. The zero-order valence-electron chi connectivity index (χ0n) is 11.6. The molecule has 0 atom stereocenters. The lowest BCUT2D eigenvalue weighted by atomic mass is 10.0. The molecule has 0 amide bonds.